The van der Waals surface area contributed by atoms with Gasteiger partial charge in [0, 0.05) is 12.1 Å². The van der Waals surface area contributed by atoms with E-state index in [0.29, 0.717) is 12.1 Å². The lowest BCUT2D eigenvalue weighted by Crippen LogP contribution is -2.22. The minimum absolute atomic E-state index is 0.223. The van der Waals surface area contributed by atoms with Crippen molar-refractivity contribution < 1.29 is 9.18 Å². The van der Waals surface area contributed by atoms with E-state index in [9.17, 15) is 9.18 Å². The van der Waals surface area contributed by atoms with Crippen molar-refractivity contribution in [1.29, 1.82) is 0 Å². The fraction of sp³-hybridized carbons (Fsp3) is 0.0714. The Bertz CT molecular complexity index is 557. The van der Waals surface area contributed by atoms with Crippen LogP contribution < -0.4 is 5.32 Å². The quantitative estimate of drug-likeness (QED) is 0.923. The minimum Gasteiger partial charge on any atom is -0.348 e. The summed E-state index contributed by atoms with van der Waals surface area (Å²) in [6.07, 6.45) is 0. The smallest absolute Gasteiger partial charge is 0.251 e. The highest BCUT2D eigenvalue weighted by atomic mass is 79.9. The van der Waals surface area contributed by atoms with E-state index in [1.54, 1.807) is 0 Å². The summed E-state index contributed by atoms with van der Waals surface area (Å²) in [7, 11) is 0. The highest BCUT2D eigenvalue weighted by Crippen LogP contribution is 2.16. The van der Waals surface area contributed by atoms with Crippen LogP contribution in [0, 0.1) is 5.82 Å². The van der Waals surface area contributed by atoms with Crippen LogP contribution in [0.15, 0.2) is 53.0 Å². The molecule has 0 bridgehead atoms. The molecule has 0 unspecified atom stereocenters. The first-order valence-corrected chi connectivity index (χ1v) is 6.23. The van der Waals surface area contributed by atoms with Crippen LogP contribution in [-0.4, -0.2) is 5.91 Å². The van der Waals surface area contributed by atoms with E-state index in [-0.39, 0.29) is 16.2 Å². The van der Waals surface area contributed by atoms with Crippen LogP contribution in [0.4, 0.5) is 4.39 Å². The molecule has 0 heterocycles. The van der Waals surface area contributed by atoms with Crippen LogP contribution in [0.1, 0.15) is 15.9 Å². The van der Waals surface area contributed by atoms with Gasteiger partial charge in [0.25, 0.3) is 5.91 Å². The second-order valence-electron chi connectivity index (χ2n) is 3.80. The Labute approximate surface area is 113 Å². The molecular formula is C14H11BrFNO. The van der Waals surface area contributed by atoms with Crippen LogP contribution in [0.25, 0.3) is 0 Å². The molecule has 0 atom stereocenters. The summed E-state index contributed by atoms with van der Waals surface area (Å²) < 4.78 is 13.3. The van der Waals surface area contributed by atoms with E-state index in [1.165, 1.54) is 18.2 Å². The molecule has 2 nitrogen and oxygen atoms in total. The third kappa shape index (κ3) is 3.17. The average Bonchev–Trinajstić information content (AvgIpc) is 2.40. The Morgan fingerprint density at radius 1 is 1.17 bits per heavy atom. The molecule has 0 saturated carbocycles. The van der Waals surface area contributed by atoms with Gasteiger partial charge in [-0.1, -0.05) is 30.3 Å². The molecule has 1 N–H and O–H groups in total. The molecule has 92 valence electrons. The summed E-state index contributed by atoms with van der Waals surface area (Å²) in [5.74, 6) is -0.603. The molecule has 4 heteroatoms. The molecule has 2 rings (SSSR count). The topological polar surface area (TPSA) is 29.1 Å². The molecule has 2 aromatic rings. The molecule has 0 fully saturated rings. The van der Waals surface area contributed by atoms with Gasteiger partial charge in [-0.2, -0.15) is 0 Å². The van der Waals surface area contributed by atoms with Crippen molar-refractivity contribution in [3.63, 3.8) is 0 Å². The molecule has 1 amide bonds. The number of nitrogens with one attached hydrogen (secondary N) is 1. The summed E-state index contributed by atoms with van der Waals surface area (Å²) in [5.41, 5.74) is 1.45. The fourth-order valence-corrected chi connectivity index (χ4v) is 1.90. The molecule has 0 saturated heterocycles. The third-order valence-electron chi connectivity index (χ3n) is 2.48. The number of hydrogen-bond donors (Lipinski definition) is 1. The maximum Gasteiger partial charge on any atom is 0.251 e. The zero-order chi connectivity index (χ0) is 13.0. The van der Waals surface area contributed by atoms with Gasteiger partial charge in [0.15, 0.2) is 0 Å². The highest BCUT2D eigenvalue weighted by molar-refractivity contribution is 9.10. The molecule has 2 aromatic carbocycles. The van der Waals surface area contributed by atoms with Gasteiger partial charge in [-0.15, -0.1) is 0 Å². The van der Waals surface area contributed by atoms with E-state index in [4.69, 9.17) is 0 Å². The lowest BCUT2D eigenvalue weighted by molar-refractivity contribution is 0.0951. The van der Waals surface area contributed by atoms with Crippen molar-refractivity contribution >= 4 is 21.8 Å². The van der Waals surface area contributed by atoms with E-state index >= 15 is 0 Å². The third-order valence-corrected chi connectivity index (χ3v) is 3.09. The van der Waals surface area contributed by atoms with Gasteiger partial charge in [0.2, 0.25) is 0 Å². The van der Waals surface area contributed by atoms with E-state index in [1.807, 2.05) is 30.3 Å². The van der Waals surface area contributed by atoms with Crippen LogP contribution in [0.3, 0.4) is 0 Å². The van der Waals surface area contributed by atoms with Gasteiger partial charge in [-0.05, 0) is 39.7 Å². The zero-order valence-electron chi connectivity index (χ0n) is 9.49. The van der Waals surface area contributed by atoms with Crippen LogP contribution in [0.2, 0.25) is 0 Å². The van der Waals surface area contributed by atoms with E-state index in [0.717, 1.165) is 5.56 Å². The maximum absolute atomic E-state index is 13.0. The van der Waals surface area contributed by atoms with Gasteiger partial charge < -0.3 is 5.32 Å². The number of benzene rings is 2. The SMILES string of the molecule is O=C(NCc1ccccc1)c1ccc(F)c(Br)c1. The Morgan fingerprint density at radius 3 is 2.56 bits per heavy atom. The Balaban J connectivity index is 2.02. The maximum atomic E-state index is 13.0. The Hall–Kier alpha value is -1.68. The lowest BCUT2D eigenvalue weighted by atomic mass is 10.2. The van der Waals surface area contributed by atoms with Crippen molar-refractivity contribution in [2.75, 3.05) is 0 Å². The minimum atomic E-state index is -0.380. The molecule has 0 spiro atoms. The van der Waals surface area contributed by atoms with Crippen molar-refractivity contribution in [3.8, 4) is 0 Å². The first-order valence-electron chi connectivity index (χ1n) is 5.44. The zero-order valence-corrected chi connectivity index (χ0v) is 11.1. The fourth-order valence-electron chi connectivity index (χ4n) is 1.52. The number of rotatable bonds is 3. The highest BCUT2D eigenvalue weighted by Gasteiger charge is 2.07. The van der Waals surface area contributed by atoms with Gasteiger partial charge in [0.05, 0.1) is 4.47 Å². The summed E-state index contributed by atoms with van der Waals surface area (Å²) in [5, 5.41) is 2.78. The summed E-state index contributed by atoms with van der Waals surface area (Å²) >= 11 is 3.06. The molecule has 0 aliphatic rings. The van der Waals surface area contributed by atoms with Crippen LogP contribution in [0.5, 0.6) is 0 Å². The predicted molar refractivity (Wildman–Crippen MR) is 71.7 cm³/mol. The second-order valence-corrected chi connectivity index (χ2v) is 4.65. The van der Waals surface area contributed by atoms with Crippen LogP contribution >= 0.6 is 15.9 Å². The molecular weight excluding hydrogens is 297 g/mol. The summed E-state index contributed by atoms with van der Waals surface area (Å²) in [6.45, 7) is 0.453. The van der Waals surface area contributed by atoms with E-state index in [2.05, 4.69) is 21.2 Å². The summed E-state index contributed by atoms with van der Waals surface area (Å²) in [4.78, 5) is 11.8. The standard InChI is InChI=1S/C14H11BrFNO/c15-12-8-11(6-7-13(12)16)14(18)17-9-10-4-2-1-3-5-10/h1-8H,9H2,(H,17,18). The number of hydrogen-bond acceptors (Lipinski definition) is 1. The second kappa shape index (κ2) is 5.78. The first-order chi connectivity index (χ1) is 8.66. The molecule has 0 aliphatic heterocycles. The van der Waals surface area contributed by atoms with Crippen molar-refractivity contribution in [2.45, 2.75) is 6.54 Å². The number of carbonyl (C=O) groups excluding carboxylic acids is 1. The van der Waals surface area contributed by atoms with Gasteiger partial charge in [-0.3, -0.25) is 4.79 Å². The largest absolute Gasteiger partial charge is 0.348 e. The normalized spacial score (nSPS) is 10.1. The van der Waals surface area contributed by atoms with Gasteiger partial charge in [0.1, 0.15) is 5.82 Å². The molecule has 0 radical (unpaired) electrons. The van der Waals surface area contributed by atoms with Crippen molar-refractivity contribution in [2.24, 2.45) is 0 Å². The van der Waals surface area contributed by atoms with Crippen LogP contribution in [-0.2, 0) is 6.54 Å². The number of amides is 1. The predicted octanol–water partition coefficient (Wildman–Crippen LogP) is 3.52. The molecule has 18 heavy (non-hydrogen) atoms. The Kier molecular flexibility index (Phi) is 4.10. The Morgan fingerprint density at radius 2 is 1.89 bits per heavy atom. The first kappa shape index (κ1) is 12.8. The number of halogens is 2. The lowest BCUT2D eigenvalue weighted by Gasteiger charge is -2.06. The molecule has 0 aliphatic carbocycles. The monoisotopic (exact) mass is 307 g/mol. The van der Waals surface area contributed by atoms with Gasteiger partial charge >= 0.3 is 0 Å². The van der Waals surface area contributed by atoms with Crippen molar-refractivity contribution in [1.82, 2.24) is 5.32 Å². The van der Waals surface area contributed by atoms with Gasteiger partial charge in [-0.25, -0.2) is 4.39 Å². The number of carbonyl (C=O) groups is 1. The van der Waals surface area contributed by atoms with Crippen molar-refractivity contribution in [3.05, 3.63) is 69.9 Å². The van der Waals surface area contributed by atoms with E-state index < -0.39 is 0 Å². The summed E-state index contributed by atoms with van der Waals surface area (Å²) in [6, 6.07) is 13.8. The average molecular weight is 308 g/mol. The molecule has 0 aromatic heterocycles.